The molecule has 2 aliphatic carbocycles. The van der Waals surface area contributed by atoms with Crippen molar-refractivity contribution in [1.82, 2.24) is 5.32 Å². The molecule has 1 aromatic carbocycles. The van der Waals surface area contributed by atoms with E-state index in [9.17, 15) is 4.79 Å². The van der Waals surface area contributed by atoms with Gasteiger partial charge in [0.15, 0.2) is 0 Å². The molecular formula is C19H27NO2. The number of carbonyl (C=O) groups is 1. The summed E-state index contributed by atoms with van der Waals surface area (Å²) in [5.74, 6) is 2.49. The summed E-state index contributed by atoms with van der Waals surface area (Å²) in [5.41, 5.74) is 1.21. The Kier molecular flexibility index (Phi) is 5.01. The van der Waals surface area contributed by atoms with E-state index in [1.54, 1.807) is 7.11 Å². The van der Waals surface area contributed by atoms with Crippen LogP contribution in [0, 0.1) is 11.8 Å². The minimum atomic E-state index is 0.182. The smallest absolute Gasteiger partial charge is 0.220 e. The Morgan fingerprint density at radius 3 is 2.45 bits per heavy atom. The molecule has 1 N–H and O–H groups in total. The van der Waals surface area contributed by atoms with E-state index in [0.717, 1.165) is 18.1 Å². The van der Waals surface area contributed by atoms with Crippen molar-refractivity contribution in [3.05, 3.63) is 29.8 Å². The lowest BCUT2D eigenvalue weighted by Crippen LogP contribution is -2.30. The molecule has 0 aromatic heterocycles. The number of amides is 1. The first-order valence-corrected chi connectivity index (χ1v) is 8.69. The lowest BCUT2D eigenvalue weighted by Gasteiger charge is -2.20. The molecule has 0 saturated heterocycles. The molecule has 3 heteroatoms. The largest absolute Gasteiger partial charge is 0.497 e. The maximum atomic E-state index is 12.3. The third kappa shape index (κ3) is 4.02. The molecule has 2 fully saturated rings. The Bertz CT molecular complexity index is 487. The summed E-state index contributed by atoms with van der Waals surface area (Å²) >= 11 is 0. The first-order chi connectivity index (χ1) is 10.8. The fraction of sp³-hybridized carbons (Fsp3) is 0.632. The summed E-state index contributed by atoms with van der Waals surface area (Å²) in [4.78, 5) is 12.3. The highest BCUT2D eigenvalue weighted by Gasteiger charge is 2.33. The van der Waals surface area contributed by atoms with Gasteiger partial charge in [-0.3, -0.25) is 4.79 Å². The van der Waals surface area contributed by atoms with Gasteiger partial charge in [0.05, 0.1) is 13.2 Å². The topological polar surface area (TPSA) is 38.3 Å². The van der Waals surface area contributed by atoms with E-state index >= 15 is 0 Å². The minimum absolute atomic E-state index is 0.182. The van der Waals surface area contributed by atoms with Gasteiger partial charge >= 0.3 is 0 Å². The van der Waals surface area contributed by atoms with E-state index in [1.165, 1.54) is 44.1 Å². The van der Waals surface area contributed by atoms with Gasteiger partial charge in [0.25, 0.3) is 0 Å². The van der Waals surface area contributed by atoms with Crippen molar-refractivity contribution in [3.8, 4) is 5.75 Å². The van der Waals surface area contributed by atoms with Crippen LogP contribution in [-0.2, 0) is 4.79 Å². The van der Waals surface area contributed by atoms with Crippen molar-refractivity contribution >= 4 is 5.91 Å². The average molecular weight is 301 g/mol. The molecule has 0 bridgehead atoms. The number of carbonyl (C=O) groups excluding carboxylic acids is 1. The third-order valence-corrected chi connectivity index (χ3v) is 5.14. The standard InChI is InChI=1S/C19H27NO2/c1-22-17-11-9-16(10-12-17)19(15-7-8-15)20-18(21)13-6-14-4-2-3-5-14/h9-12,14-15,19H,2-8,13H2,1H3,(H,20,21). The number of nitrogens with one attached hydrogen (secondary N) is 1. The molecule has 1 atom stereocenters. The molecule has 1 aromatic rings. The van der Waals surface area contributed by atoms with Crippen molar-refractivity contribution in [2.24, 2.45) is 11.8 Å². The predicted octanol–water partition coefficient (Wildman–Crippen LogP) is 4.23. The summed E-state index contributed by atoms with van der Waals surface area (Å²) in [5, 5.41) is 3.28. The first-order valence-electron chi connectivity index (χ1n) is 8.69. The second-order valence-electron chi connectivity index (χ2n) is 6.84. The van der Waals surface area contributed by atoms with Crippen LogP contribution in [0.15, 0.2) is 24.3 Å². The number of hydrogen-bond acceptors (Lipinski definition) is 2. The lowest BCUT2D eigenvalue weighted by atomic mass is 9.99. The van der Waals surface area contributed by atoms with Crippen molar-refractivity contribution in [3.63, 3.8) is 0 Å². The second kappa shape index (κ2) is 7.17. The lowest BCUT2D eigenvalue weighted by molar-refractivity contribution is -0.122. The molecule has 0 spiro atoms. The maximum absolute atomic E-state index is 12.3. The molecule has 120 valence electrons. The van der Waals surface area contributed by atoms with Crippen molar-refractivity contribution in [2.45, 2.75) is 57.4 Å². The van der Waals surface area contributed by atoms with Gasteiger partial charge in [-0.15, -0.1) is 0 Å². The number of rotatable bonds is 7. The Balaban J connectivity index is 1.55. The van der Waals surface area contributed by atoms with Crippen LogP contribution in [0.1, 0.15) is 63.0 Å². The quantitative estimate of drug-likeness (QED) is 0.818. The number of hydrogen-bond donors (Lipinski definition) is 1. The zero-order valence-electron chi connectivity index (χ0n) is 13.5. The summed E-state index contributed by atoms with van der Waals surface area (Å²) in [7, 11) is 1.68. The van der Waals surface area contributed by atoms with Crippen LogP contribution in [0.3, 0.4) is 0 Å². The molecule has 0 radical (unpaired) electrons. The van der Waals surface area contributed by atoms with Gasteiger partial charge < -0.3 is 10.1 Å². The van der Waals surface area contributed by atoms with Gasteiger partial charge in [0.1, 0.15) is 5.75 Å². The van der Waals surface area contributed by atoms with Crippen LogP contribution in [0.25, 0.3) is 0 Å². The fourth-order valence-electron chi connectivity index (χ4n) is 3.59. The minimum Gasteiger partial charge on any atom is -0.497 e. The Morgan fingerprint density at radius 2 is 1.86 bits per heavy atom. The van der Waals surface area contributed by atoms with Crippen LogP contribution in [0.2, 0.25) is 0 Å². The molecule has 3 rings (SSSR count). The average Bonchev–Trinajstić information content (AvgIpc) is 3.26. The number of benzene rings is 1. The summed E-state index contributed by atoms with van der Waals surface area (Å²) < 4.78 is 5.21. The molecule has 1 amide bonds. The van der Waals surface area contributed by atoms with Gasteiger partial charge in [-0.1, -0.05) is 37.8 Å². The zero-order chi connectivity index (χ0) is 15.4. The molecule has 2 saturated carbocycles. The molecular weight excluding hydrogens is 274 g/mol. The van der Waals surface area contributed by atoms with E-state index in [1.807, 2.05) is 12.1 Å². The van der Waals surface area contributed by atoms with Crippen LogP contribution < -0.4 is 10.1 Å². The molecule has 2 aliphatic rings. The maximum Gasteiger partial charge on any atom is 0.220 e. The molecule has 0 heterocycles. The fourth-order valence-corrected chi connectivity index (χ4v) is 3.59. The SMILES string of the molecule is COc1ccc(C(NC(=O)CCC2CCCC2)C2CC2)cc1. The van der Waals surface area contributed by atoms with E-state index in [2.05, 4.69) is 17.4 Å². The second-order valence-corrected chi connectivity index (χ2v) is 6.84. The monoisotopic (exact) mass is 301 g/mol. The van der Waals surface area contributed by atoms with Crippen LogP contribution >= 0.6 is 0 Å². The van der Waals surface area contributed by atoms with E-state index in [0.29, 0.717) is 12.3 Å². The number of methoxy groups -OCH3 is 1. The molecule has 0 aliphatic heterocycles. The zero-order valence-corrected chi connectivity index (χ0v) is 13.5. The predicted molar refractivity (Wildman–Crippen MR) is 87.8 cm³/mol. The summed E-state index contributed by atoms with van der Waals surface area (Å²) in [6, 6.07) is 8.31. The van der Waals surface area contributed by atoms with E-state index in [-0.39, 0.29) is 11.9 Å². The van der Waals surface area contributed by atoms with Crippen molar-refractivity contribution in [2.75, 3.05) is 7.11 Å². The highest BCUT2D eigenvalue weighted by atomic mass is 16.5. The van der Waals surface area contributed by atoms with Gasteiger partial charge in [-0.05, 0) is 48.8 Å². The Morgan fingerprint density at radius 1 is 1.18 bits per heavy atom. The van der Waals surface area contributed by atoms with Gasteiger partial charge in [-0.2, -0.15) is 0 Å². The van der Waals surface area contributed by atoms with E-state index < -0.39 is 0 Å². The molecule has 22 heavy (non-hydrogen) atoms. The van der Waals surface area contributed by atoms with E-state index in [4.69, 9.17) is 4.74 Å². The van der Waals surface area contributed by atoms with Crippen molar-refractivity contribution < 1.29 is 9.53 Å². The normalized spacial score (nSPS) is 19.9. The van der Waals surface area contributed by atoms with Crippen LogP contribution in [0.5, 0.6) is 5.75 Å². The number of ether oxygens (including phenoxy) is 1. The molecule has 1 unspecified atom stereocenters. The first kappa shape index (κ1) is 15.4. The summed E-state index contributed by atoms with van der Waals surface area (Å²) in [6.45, 7) is 0. The van der Waals surface area contributed by atoms with Gasteiger partial charge in [0.2, 0.25) is 5.91 Å². The van der Waals surface area contributed by atoms with Crippen molar-refractivity contribution in [1.29, 1.82) is 0 Å². The van der Waals surface area contributed by atoms with Crippen LogP contribution in [-0.4, -0.2) is 13.0 Å². The third-order valence-electron chi connectivity index (χ3n) is 5.14. The molecule has 3 nitrogen and oxygen atoms in total. The highest BCUT2D eigenvalue weighted by Crippen LogP contribution is 2.41. The van der Waals surface area contributed by atoms with Crippen LogP contribution in [0.4, 0.5) is 0 Å². The highest BCUT2D eigenvalue weighted by molar-refractivity contribution is 5.76. The van der Waals surface area contributed by atoms with Gasteiger partial charge in [0, 0.05) is 6.42 Å². The Labute approximate surface area is 133 Å². The van der Waals surface area contributed by atoms with Gasteiger partial charge in [-0.25, -0.2) is 0 Å². The summed E-state index contributed by atoms with van der Waals surface area (Å²) in [6.07, 6.45) is 9.52. The Hall–Kier alpha value is -1.51.